The van der Waals surface area contributed by atoms with Gasteiger partial charge in [0.05, 0.1) is 13.2 Å². The summed E-state index contributed by atoms with van der Waals surface area (Å²) in [4.78, 5) is 47.7. The first-order valence-corrected chi connectivity index (χ1v) is 24.5. The molecule has 2 unspecified atom stereocenters. The van der Waals surface area contributed by atoms with E-state index in [0.29, 0.717) is 12.8 Å². The number of aliphatic carboxylic acids is 1. The third kappa shape index (κ3) is 41.5. The van der Waals surface area contributed by atoms with Crippen LogP contribution in [0.15, 0.2) is 48.6 Å². The van der Waals surface area contributed by atoms with E-state index in [1.54, 1.807) is 0 Å². The zero-order valence-electron chi connectivity index (χ0n) is 38.5. The predicted octanol–water partition coefficient (Wildman–Crippen LogP) is 12.7. The monoisotopic (exact) mass is 843 g/mol. The molecule has 4 N–H and O–H groups in total. The van der Waals surface area contributed by atoms with Crippen LogP contribution in [0, 0.1) is 0 Å². The smallest absolute Gasteiger partial charge is 0.328 e. The number of esters is 1. The Labute approximate surface area is 367 Å². The molecular weight excluding hydrogens is 753 g/mol. The van der Waals surface area contributed by atoms with Crippen LogP contribution in [-0.2, 0) is 23.9 Å². The van der Waals surface area contributed by atoms with Crippen molar-refractivity contribution in [2.45, 2.75) is 238 Å². The van der Waals surface area contributed by atoms with Crippen LogP contribution in [0.5, 0.6) is 0 Å². The lowest BCUT2D eigenvalue weighted by Crippen LogP contribution is -2.47. The van der Waals surface area contributed by atoms with Gasteiger partial charge in [0.1, 0.15) is 12.1 Å². The van der Waals surface area contributed by atoms with Crippen molar-refractivity contribution < 1.29 is 34.1 Å². The van der Waals surface area contributed by atoms with Crippen molar-refractivity contribution in [3.8, 4) is 0 Å². The van der Waals surface area contributed by atoms with E-state index in [4.69, 9.17) is 14.9 Å². The van der Waals surface area contributed by atoms with E-state index in [9.17, 15) is 19.2 Å². The van der Waals surface area contributed by atoms with Crippen molar-refractivity contribution in [2.24, 2.45) is 0 Å². The van der Waals surface area contributed by atoms with Gasteiger partial charge >= 0.3 is 11.9 Å². The molecule has 346 valence electrons. The van der Waals surface area contributed by atoms with E-state index >= 15 is 0 Å². The molecule has 0 aliphatic carbocycles. The molecule has 60 heavy (non-hydrogen) atoms. The van der Waals surface area contributed by atoms with Gasteiger partial charge in [-0.25, -0.2) is 4.79 Å². The molecule has 0 aromatic carbocycles. The molecule has 0 heterocycles. The molecule has 0 aromatic heterocycles. The molecule has 0 fully saturated rings. The Morgan fingerprint density at radius 1 is 0.500 bits per heavy atom. The molecular formula is C51H90N2O7. The van der Waals surface area contributed by atoms with Gasteiger partial charge in [0, 0.05) is 12.8 Å². The summed E-state index contributed by atoms with van der Waals surface area (Å²) >= 11 is 0. The number of unbranched alkanes of at least 4 members (excludes halogenated alkanes) is 22. The first kappa shape index (κ1) is 56.8. The predicted molar refractivity (Wildman–Crippen MR) is 250 cm³/mol. The summed E-state index contributed by atoms with van der Waals surface area (Å²) in [6, 6.07) is -1.39. The molecule has 0 aromatic rings. The van der Waals surface area contributed by atoms with Gasteiger partial charge in [-0.05, 0) is 96.3 Å². The van der Waals surface area contributed by atoms with Crippen molar-refractivity contribution in [3.63, 3.8) is 0 Å². The summed E-state index contributed by atoms with van der Waals surface area (Å²) in [5, 5.41) is 22.6. The van der Waals surface area contributed by atoms with Crippen molar-refractivity contribution in [1.29, 1.82) is 0 Å². The molecule has 0 aliphatic heterocycles. The van der Waals surface area contributed by atoms with Gasteiger partial charge in [0.25, 0.3) is 0 Å². The molecule has 0 bridgehead atoms. The number of hydrogen-bond acceptors (Lipinski definition) is 6. The minimum Gasteiger partial charge on any atom is -0.480 e. The highest BCUT2D eigenvalue weighted by Crippen LogP contribution is 2.18. The number of hydrogen-bond donors (Lipinski definition) is 4. The maximum Gasteiger partial charge on any atom is 0.328 e. The Bertz CT molecular complexity index is 1150. The number of carbonyl (C=O) groups is 4. The SMILES string of the molecule is CCCCCCC/C=C\C/C=C\C/C=C\CCCCCCCCC(=O)OC(CCC/C=C\CCCCCCCC)CCCCCCCC(=O)NCC(=O)NC(CO)C(=O)O. The molecule has 2 atom stereocenters. The van der Waals surface area contributed by atoms with E-state index in [1.165, 1.54) is 96.3 Å². The van der Waals surface area contributed by atoms with Crippen LogP contribution in [0.4, 0.5) is 0 Å². The average molecular weight is 843 g/mol. The van der Waals surface area contributed by atoms with E-state index in [0.717, 1.165) is 96.3 Å². The molecule has 9 heteroatoms. The highest BCUT2D eigenvalue weighted by molar-refractivity contribution is 5.87. The molecule has 0 spiro atoms. The van der Waals surface area contributed by atoms with Gasteiger partial charge in [0.15, 0.2) is 0 Å². The van der Waals surface area contributed by atoms with Crippen LogP contribution < -0.4 is 10.6 Å². The lowest BCUT2D eigenvalue weighted by molar-refractivity contribution is -0.150. The summed E-state index contributed by atoms with van der Waals surface area (Å²) in [6.45, 7) is 3.47. The number of carboxylic acid groups (broad SMARTS) is 1. The van der Waals surface area contributed by atoms with Crippen molar-refractivity contribution >= 4 is 23.8 Å². The Balaban J connectivity index is 4.29. The van der Waals surface area contributed by atoms with Gasteiger partial charge in [-0.1, -0.05) is 165 Å². The summed E-state index contributed by atoms with van der Waals surface area (Å²) < 4.78 is 6.03. The largest absolute Gasteiger partial charge is 0.480 e. The highest BCUT2D eigenvalue weighted by Gasteiger charge is 2.19. The standard InChI is InChI=1S/C51H90N2O7/c1-3-5-7-9-11-13-15-16-17-18-19-20-21-22-23-24-26-28-30-35-39-43-50(57)60-46(40-36-32-29-27-25-14-12-10-8-6-4-2)41-37-33-31-34-38-42-48(55)52-44-49(56)53-47(45-54)51(58)59/h15-16,18-19,21-22,27,29,46-47,54H,3-14,17,20,23-26,28,30-45H2,1-2H3,(H,52,55)(H,53,56)(H,58,59)/b16-15-,19-18-,22-21-,29-27-. The average Bonchev–Trinajstić information content (AvgIpc) is 3.23. The zero-order chi connectivity index (χ0) is 44.0. The van der Waals surface area contributed by atoms with E-state index in [2.05, 4.69) is 73.1 Å². The Morgan fingerprint density at radius 2 is 0.917 bits per heavy atom. The number of allylic oxidation sites excluding steroid dienone is 8. The van der Waals surface area contributed by atoms with Crippen LogP contribution >= 0.6 is 0 Å². The van der Waals surface area contributed by atoms with E-state index in [1.807, 2.05) is 0 Å². The quantitative estimate of drug-likeness (QED) is 0.0272. The first-order chi connectivity index (χ1) is 29.3. The second-order valence-corrected chi connectivity index (χ2v) is 16.5. The number of carbonyl (C=O) groups excluding carboxylic acids is 3. The second kappa shape index (κ2) is 45.3. The molecule has 0 saturated heterocycles. The number of aliphatic hydroxyl groups is 1. The van der Waals surface area contributed by atoms with Gasteiger partial charge in [-0.15, -0.1) is 0 Å². The van der Waals surface area contributed by atoms with Crippen molar-refractivity contribution in [3.05, 3.63) is 48.6 Å². The van der Waals surface area contributed by atoms with Gasteiger partial charge in [-0.3, -0.25) is 14.4 Å². The Kier molecular flexibility index (Phi) is 42.9. The van der Waals surface area contributed by atoms with Crippen LogP contribution in [0.25, 0.3) is 0 Å². The fraction of sp³-hybridized carbons (Fsp3) is 0.765. The number of nitrogens with one attached hydrogen (secondary N) is 2. The Hall–Kier alpha value is -3.20. The Morgan fingerprint density at radius 3 is 1.43 bits per heavy atom. The third-order valence-corrected chi connectivity index (χ3v) is 10.8. The van der Waals surface area contributed by atoms with Crippen LogP contribution in [-0.4, -0.2) is 59.3 Å². The molecule has 9 nitrogen and oxygen atoms in total. The van der Waals surface area contributed by atoms with Gasteiger partial charge in [0.2, 0.25) is 11.8 Å². The first-order valence-electron chi connectivity index (χ1n) is 24.5. The summed E-state index contributed by atoms with van der Waals surface area (Å²) in [5.41, 5.74) is 0. The number of aliphatic hydroxyl groups excluding tert-OH is 1. The normalized spacial score (nSPS) is 12.8. The minimum atomic E-state index is -1.39. The molecule has 0 rings (SSSR count). The van der Waals surface area contributed by atoms with Gasteiger partial charge in [-0.2, -0.15) is 0 Å². The summed E-state index contributed by atoms with van der Waals surface area (Å²) in [7, 11) is 0. The number of ether oxygens (including phenoxy) is 1. The maximum absolute atomic E-state index is 12.8. The van der Waals surface area contributed by atoms with Crippen molar-refractivity contribution in [2.75, 3.05) is 13.2 Å². The zero-order valence-corrected chi connectivity index (χ0v) is 38.5. The van der Waals surface area contributed by atoms with Crippen LogP contribution in [0.3, 0.4) is 0 Å². The lowest BCUT2D eigenvalue weighted by atomic mass is 10.0. The lowest BCUT2D eigenvalue weighted by Gasteiger charge is -2.18. The topological polar surface area (TPSA) is 142 Å². The molecule has 0 saturated carbocycles. The number of amides is 2. The van der Waals surface area contributed by atoms with E-state index in [-0.39, 0.29) is 30.9 Å². The summed E-state index contributed by atoms with van der Waals surface area (Å²) in [5.74, 6) is -2.32. The minimum absolute atomic E-state index is 0.0526. The fourth-order valence-electron chi connectivity index (χ4n) is 7.02. The number of carboxylic acids is 1. The summed E-state index contributed by atoms with van der Waals surface area (Å²) in [6.07, 6.45) is 54.3. The molecule has 0 aliphatic rings. The second-order valence-electron chi connectivity index (χ2n) is 16.5. The fourth-order valence-corrected chi connectivity index (χ4v) is 7.02. The number of rotatable bonds is 44. The van der Waals surface area contributed by atoms with Crippen LogP contribution in [0.2, 0.25) is 0 Å². The maximum atomic E-state index is 12.8. The molecule has 2 amide bonds. The van der Waals surface area contributed by atoms with E-state index < -0.39 is 24.5 Å². The van der Waals surface area contributed by atoms with Gasteiger partial charge < -0.3 is 25.6 Å². The highest BCUT2D eigenvalue weighted by atomic mass is 16.5. The van der Waals surface area contributed by atoms with Crippen molar-refractivity contribution in [1.82, 2.24) is 10.6 Å². The molecule has 0 radical (unpaired) electrons. The van der Waals surface area contributed by atoms with Crippen LogP contribution in [0.1, 0.15) is 226 Å². The third-order valence-electron chi connectivity index (χ3n) is 10.8.